The fourth-order valence-corrected chi connectivity index (χ4v) is 4.26. The number of rotatable bonds is 5. The van der Waals surface area contributed by atoms with Crippen LogP contribution in [0.1, 0.15) is 30.7 Å². The number of aryl methyl sites for hydroxylation is 2. The van der Waals surface area contributed by atoms with Crippen LogP contribution in [-0.2, 0) is 17.1 Å². The van der Waals surface area contributed by atoms with Gasteiger partial charge in [0.25, 0.3) is 0 Å². The van der Waals surface area contributed by atoms with Gasteiger partial charge in [-0.05, 0) is 52.1 Å². The second-order valence-corrected chi connectivity index (χ2v) is 7.21. The summed E-state index contributed by atoms with van der Waals surface area (Å²) in [7, 11) is -1.69. The van der Waals surface area contributed by atoms with E-state index in [1.165, 1.54) is 0 Å². The highest BCUT2D eigenvalue weighted by atomic mass is 32.2. The molecule has 0 aliphatic carbocycles. The molecule has 2 heterocycles. The number of hydrogen-bond acceptors (Lipinski definition) is 4. The van der Waals surface area contributed by atoms with Crippen molar-refractivity contribution in [3.8, 4) is 0 Å². The Hall–Kier alpha value is -0.920. The van der Waals surface area contributed by atoms with E-state index >= 15 is 0 Å². The molecule has 2 N–H and O–H groups in total. The summed E-state index contributed by atoms with van der Waals surface area (Å²) in [5.74, 6) is 0.620. The molecule has 1 aromatic heterocycles. The molecule has 114 valence electrons. The predicted octanol–water partition coefficient (Wildman–Crippen LogP) is 0.705. The zero-order valence-corrected chi connectivity index (χ0v) is 13.3. The van der Waals surface area contributed by atoms with Crippen molar-refractivity contribution in [3.63, 3.8) is 0 Å². The lowest BCUT2D eigenvalue weighted by atomic mass is 9.95. The SMILES string of the molecule is Cc1nn(C)c(C)c1S(=O)(=O)NCCC1CCNCC1. The molecule has 0 atom stereocenters. The molecule has 0 amide bonds. The van der Waals surface area contributed by atoms with Crippen LogP contribution in [0.3, 0.4) is 0 Å². The first-order chi connectivity index (χ1) is 9.42. The van der Waals surface area contributed by atoms with Crippen molar-refractivity contribution in [3.05, 3.63) is 11.4 Å². The Morgan fingerprint density at radius 1 is 1.35 bits per heavy atom. The minimum atomic E-state index is -3.45. The predicted molar refractivity (Wildman–Crippen MR) is 78.1 cm³/mol. The maximum atomic E-state index is 12.4. The van der Waals surface area contributed by atoms with Gasteiger partial charge in [0.05, 0.1) is 11.4 Å². The lowest BCUT2D eigenvalue weighted by Gasteiger charge is -2.22. The molecule has 1 aliphatic heterocycles. The number of nitrogens with one attached hydrogen (secondary N) is 2. The number of nitrogens with zero attached hydrogens (tertiary/aromatic N) is 2. The van der Waals surface area contributed by atoms with E-state index < -0.39 is 10.0 Å². The molecule has 1 fully saturated rings. The van der Waals surface area contributed by atoms with Crippen molar-refractivity contribution >= 4 is 10.0 Å². The van der Waals surface area contributed by atoms with E-state index in [0.717, 1.165) is 32.4 Å². The molecule has 0 unspecified atom stereocenters. The van der Waals surface area contributed by atoms with E-state index in [-0.39, 0.29) is 0 Å². The van der Waals surface area contributed by atoms with Crippen LogP contribution in [0.4, 0.5) is 0 Å². The first kappa shape index (κ1) is 15.5. The van der Waals surface area contributed by atoms with Crippen molar-refractivity contribution < 1.29 is 8.42 Å². The second-order valence-electron chi connectivity index (χ2n) is 5.50. The van der Waals surface area contributed by atoms with Crippen LogP contribution in [-0.4, -0.2) is 37.8 Å². The van der Waals surface area contributed by atoms with Gasteiger partial charge in [0, 0.05) is 13.6 Å². The highest BCUT2D eigenvalue weighted by Gasteiger charge is 2.23. The van der Waals surface area contributed by atoms with Crippen molar-refractivity contribution in [2.24, 2.45) is 13.0 Å². The Labute approximate surface area is 121 Å². The Morgan fingerprint density at radius 3 is 2.55 bits per heavy atom. The van der Waals surface area contributed by atoms with Gasteiger partial charge >= 0.3 is 0 Å². The molecule has 0 aromatic carbocycles. The van der Waals surface area contributed by atoms with Crippen molar-refractivity contribution in [2.45, 2.75) is 38.0 Å². The summed E-state index contributed by atoms with van der Waals surface area (Å²) in [6, 6.07) is 0. The maximum Gasteiger partial charge on any atom is 0.244 e. The van der Waals surface area contributed by atoms with Crippen molar-refractivity contribution in [2.75, 3.05) is 19.6 Å². The first-order valence-electron chi connectivity index (χ1n) is 7.12. The average molecular weight is 300 g/mol. The third-order valence-corrected chi connectivity index (χ3v) is 5.73. The quantitative estimate of drug-likeness (QED) is 0.839. The van der Waals surface area contributed by atoms with Crippen molar-refractivity contribution in [1.29, 1.82) is 0 Å². The summed E-state index contributed by atoms with van der Waals surface area (Å²) in [5, 5.41) is 7.48. The van der Waals surface area contributed by atoms with E-state index in [0.29, 0.717) is 28.7 Å². The summed E-state index contributed by atoms with van der Waals surface area (Å²) in [6.07, 6.45) is 3.17. The zero-order chi connectivity index (χ0) is 14.8. The molecule has 0 radical (unpaired) electrons. The van der Waals surface area contributed by atoms with Crippen LogP contribution in [0.2, 0.25) is 0 Å². The second kappa shape index (κ2) is 6.24. The highest BCUT2D eigenvalue weighted by molar-refractivity contribution is 7.89. The Bertz CT molecular complexity index is 559. The molecule has 6 nitrogen and oxygen atoms in total. The van der Waals surface area contributed by atoms with E-state index in [2.05, 4.69) is 15.1 Å². The number of piperidine rings is 1. The monoisotopic (exact) mass is 300 g/mol. The van der Waals surface area contributed by atoms with E-state index in [1.807, 2.05) is 0 Å². The van der Waals surface area contributed by atoms with E-state index in [9.17, 15) is 8.42 Å². The third-order valence-electron chi connectivity index (χ3n) is 4.01. The minimum absolute atomic E-state index is 0.324. The molecule has 2 rings (SSSR count). The normalized spacial score (nSPS) is 17.6. The van der Waals surface area contributed by atoms with E-state index in [4.69, 9.17) is 0 Å². The molecule has 1 saturated heterocycles. The standard InChI is InChI=1S/C13H24N4O2S/c1-10-13(11(2)17(3)16-10)20(18,19)15-9-6-12-4-7-14-8-5-12/h12,14-15H,4-9H2,1-3H3. The third kappa shape index (κ3) is 3.39. The molecule has 20 heavy (non-hydrogen) atoms. The summed E-state index contributed by atoms with van der Waals surface area (Å²) < 4.78 is 29.0. The topological polar surface area (TPSA) is 76.0 Å². The van der Waals surface area contributed by atoms with Gasteiger partial charge in [-0.3, -0.25) is 4.68 Å². The molecule has 1 aliphatic rings. The Kier molecular flexibility index (Phi) is 4.82. The molecular weight excluding hydrogens is 276 g/mol. The largest absolute Gasteiger partial charge is 0.317 e. The zero-order valence-electron chi connectivity index (χ0n) is 12.4. The molecule has 0 spiro atoms. The van der Waals surface area contributed by atoms with Gasteiger partial charge in [-0.25, -0.2) is 13.1 Å². The Balaban J connectivity index is 1.97. The number of aromatic nitrogens is 2. The van der Waals surface area contributed by atoms with Gasteiger partial charge in [0.15, 0.2) is 0 Å². The summed E-state index contributed by atoms with van der Waals surface area (Å²) >= 11 is 0. The van der Waals surface area contributed by atoms with Gasteiger partial charge in [-0.15, -0.1) is 0 Å². The van der Waals surface area contributed by atoms with Crippen LogP contribution in [0, 0.1) is 19.8 Å². The first-order valence-corrected chi connectivity index (χ1v) is 8.60. The molecular formula is C13H24N4O2S. The van der Waals surface area contributed by atoms with Crippen LogP contribution >= 0.6 is 0 Å². The summed E-state index contributed by atoms with van der Waals surface area (Å²) in [6.45, 7) is 6.09. The summed E-state index contributed by atoms with van der Waals surface area (Å²) in [5.41, 5.74) is 1.23. The number of sulfonamides is 1. The fourth-order valence-electron chi connectivity index (χ4n) is 2.78. The van der Waals surface area contributed by atoms with Crippen LogP contribution in [0.25, 0.3) is 0 Å². The van der Waals surface area contributed by atoms with Gasteiger partial charge in [0.1, 0.15) is 4.90 Å². The van der Waals surface area contributed by atoms with Crippen molar-refractivity contribution in [1.82, 2.24) is 19.8 Å². The van der Waals surface area contributed by atoms with E-state index in [1.54, 1.807) is 25.6 Å². The van der Waals surface area contributed by atoms with Crippen LogP contribution in [0.5, 0.6) is 0 Å². The minimum Gasteiger partial charge on any atom is -0.317 e. The molecule has 0 bridgehead atoms. The molecule has 7 heteroatoms. The molecule has 1 aromatic rings. The molecule has 0 saturated carbocycles. The van der Waals surface area contributed by atoms with Gasteiger partial charge < -0.3 is 5.32 Å². The highest BCUT2D eigenvalue weighted by Crippen LogP contribution is 2.19. The van der Waals surface area contributed by atoms with Crippen LogP contribution < -0.4 is 10.0 Å². The fraction of sp³-hybridized carbons (Fsp3) is 0.769. The summed E-state index contributed by atoms with van der Waals surface area (Å²) in [4.78, 5) is 0.324. The lowest BCUT2D eigenvalue weighted by molar-refractivity contribution is 0.354. The van der Waals surface area contributed by atoms with Gasteiger partial charge in [0.2, 0.25) is 10.0 Å². The van der Waals surface area contributed by atoms with Gasteiger partial charge in [-0.2, -0.15) is 5.10 Å². The average Bonchev–Trinajstić information content (AvgIpc) is 2.64. The van der Waals surface area contributed by atoms with Gasteiger partial charge in [-0.1, -0.05) is 0 Å². The maximum absolute atomic E-state index is 12.4. The number of hydrogen-bond donors (Lipinski definition) is 2. The lowest BCUT2D eigenvalue weighted by Crippen LogP contribution is -2.31. The smallest absolute Gasteiger partial charge is 0.244 e. The Morgan fingerprint density at radius 2 is 2.00 bits per heavy atom. The van der Waals surface area contributed by atoms with Crippen LogP contribution in [0.15, 0.2) is 4.90 Å².